The van der Waals surface area contributed by atoms with Gasteiger partial charge in [0.05, 0.1) is 18.5 Å². The van der Waals surface area contributed by atoms with Crippen LogP contribution in [0.1, 0.15) is 0 Å². The molecule has 1 N–H and O–H groups in total. The van der Waals surface area contributed by atoms with Gasteiger partial charge in [0.1, 0.15) is 5.15 Å². The van der Waals surface area contributed by atoms with Gasteiger partial charge in [-0.25, -0.2) is 13.4 Å². The van der Waals surface area contributed by atoms with Gasteiger partial charge in [0.15, 0.2) is 11.6 Å². The fourth-order valence-corrected chi connectivity index (χ4v) is 1.48. The maximum absolute atomic E-state index is 11.1. The Labute approximate surface area is 85.6 Å². The van der Waals surface area contributed by atoms with Gasteiger partial charge in [-0.2, -0.15) is 5.26 Å². The molecule has 0 spiro atoms. The predicted octanol–water partition coefficient (Wildman–Crippen LogP) is 0.395. The molecule has 0 saturated heterocycles. The second-order valence-corrected chi connectivity index (χ2v) is 4.36. The van der Waals surface area contributed by atoms with E-state index < -0.39 is 15.8 Å². The molecule has 0 saturated carbocycles. The van der Waals surface area contributed by atoms with E-state index in [4.69, 9.17) is 16.9 Å². The van der Waals surface area contributed by atoms with E-state index in [1.165, 1.54) is 18.5 Å². The lowest BCUT2D eigenvalue weighted by Crippen LogP contribution is -2.16. The third-order valence-electron chi connectivity index (χ3n) is 1.12. The molecule has 14 heavy (non-hydrogen) atoms. The van der Waals surface area contributed by atoms with Gasteiger partial charge in [-0.1, -0.05) is 11.6 Å². The van der Waals surface area contributed by atoms with E-state index in [9.17, 15) is 8.42 Å². The molecule has 8 heteroatoms. The van der Waals surface area contributed by atoms with Crippen LogP contribution < -0.4 is 4.72 Å². The molecule has 0 aliphatic carbocycles. The molecule has 0 aliphatic rings. The monoisotopic (exact) mass is 232 g/mol. The Hall–Kier alpha value is -1.39. The summed E-state index contributed by atoms with van der Waals surface area (Å²) in [6.45, 7) is 0. The largest absolute Gasteiger partial charge is 0.265 e. The van der Waals surface area contributed by atoms with Crippen LogP contribution in [0.2, 0.25) is 5.15 Å². The summed E-state index contributed by atoms with van der Waals surface area (Å²) < 4.78 is 24.2. The van der Waals surface area contributed by atoms with Gasteiger partial charge in [-0.05, 0) is 0 Å². The lowest BCUT2D eigenvalue weighted by atomic mass is 10.7. The zero-order valence-electron chi connectivity index (χ0n) is 6.81. The molecule has 74 valence electrons. The van der Waals surface area contributed by atoms with E-state index in [-0.39, 0.29) is 11.0 Å². The molecule has 0 unspecified atom stereocenters. The van der Waals surface area contributed by atoms with Gasteiger partial charge >= 0.3 is 0 Å². The molecule has 0 radical (unpaired) electrons. The first-order valence-corrected chi connectivity index (χ1v) is 5.41. The number of sulfonamides is 1. The van der Waals surface area contributed by atoms with Crippen LogP contribution in [0.3, 0.4) is 0 Å². The Bertz CT molecular complexity index is 467. The van der Waals surface area contributed by atoms with Gasteiger partial charge in [-0.15, -0.1) is 0 Å². The molecule has 1 aromatic rings. The molecule has 1 aromatic heterocycles. The lowest BCUT2D eigenvalue weighted by Gasteiger charge is -2.02. The van der Waals surface area contributed by atoms with E-state index in [2.05, 4.69) is 14.7 Å². The van der Waals surface area contributed by atoms with E-state index in [0.717, 1.165) is 0 Å². The summed E-state index contributed by atoms with van der Waals surface area (Å²) in [5.74, 6) is -0.644. The number of nitriles is 1. The fraction of sp³-hybridized carbons (Fsp3) is 0.167. The average molecular weight is 233 g/mol. The Morgan fingerprint density at radius 1 is 1.57 bits per heavy atom. The van der Waals surface area contributed by atoms with Gasteiger partial charge in [-0.3, -0.25) is 9.71 Å². The first kappa shape index (κ1) is 10.7. The summed E-state index contributed by atoms with van der Waals surface area (Å²) >= 11 is 5.48. The molecule has 0 aromatic carbocycles. The zero-order valence-corrected chi connectivity index (χ0v) is 8.38. The van der Waals surface area contributed by atoms with Gasteiger partial charge < -0.3 is 0 Å². The van der Waals surface area contributed by atoms with Crippen molar-refractivity contribution in [3.05, 3.63) is 17.5 Å². The first-order valence-electron chi connectivity index (χ1n) is 3.38. The van der Waals surface area contributed by atoms with Crippen LogP contribution in [0, 0.1) is 11.3 Å². The van der Waals surface area contributed by atoms with E-state index in [1.54, 1.807) is 0 Å². The summed E-state index contributed by atoms with van der Waals surface area (Å²) in [5.41, 5.74) is 0. The van der Waals surface area contributed by atoms with Crippen LogP contribution in [0.15, 0.2) is 12.4 Å². The highest BCUT2D eigenvalue weighted by atomic mass is 35.5. The summed E-state index contributed by atoms with van der Waals surface area (Å²) in [6, 6.07) is 1.51. The summed E-state index contributed by atoms with van der Waals surface area (Å²) in [5, 5.41) is 8.27. The smallest absolute Gasteiger partial charge is 0.247 e. The predicted molar refractivity (Wildman–Crippen MR) is 50.1 cm³/mol. The van der Waals surface area contributed by atoms with Crippen LogP contribution >= 0.6 is 11.6 Å². The molecule has 1 rings (SSSR count). The minimum Gasteiger partial charge on any atom is -0.265 e. The first-order chi connectivity index (χ1) is 6.53. The molecular formula is C6H5ClN4O2S. The molecule has 0 aliphatic heterocycles. The maximum atomic E-state index is 11.1. The number of hydrogen-bond donors (Lipinski definition) is 1. The van der Waals surface area contributed by atoms with E-state index >= 15 is 0 Å². The topological polar surface area (TPSA) is 95.7 Å². The molecule has 0 fully saturated rings. The van der Waals surface area contributed by atoms with Crippen molar-refractivity contribution in [2.24, 2.45) is 0 Å². The summed E-state index contributed by atoms with van der Waals surface area (Å²) in [7, 11) is -3.67. The number of nitrogens with one attached hydrogen (secondary N) is 1. The minimum absolute atomic E-state index is 0.00671. The molecule has 0 bridgehead atoms. The van der Waals surface area contributed by atoms with Gasteiger partial charge in [0.25, 0.3) is 0 Å². The van der Waals surface area contributed by atoms with Crippen LogP contribution in [0.4, 0.5) is 5.82 Å². The molecule has 0 amide bonds. The Balaban J connectivity index is 2.85. The SMILES string of the molecule is N#CCS(=O)(=O)Nc1cncc(Cl)n1. The second kappa shape index (κ2) is 4.21. The summed E-state index contributed by atoms with van der Waals surface area (Å²) in [4.78, 5) is 7.27. The normalized spacial score (nSPS) is 10.6. The number of nitrogens with zero attached hydrogens (tertiary/aromatic N) is 3. The van der Waals surface area contributed by atoms with Crippen molar-refractivity contribution in [3.8, 4) is 6.07 Å². The number of halogens is 1. The van der Waals surface area contributed by atoms with Crippen LogP contribution in [-0.2, 0) is 10.0 Å². The van der Waals surface area contributed by atoms with Crippen molar-refractivity contribution in [1.29, 1.82) is 5.26 Å². The Morgan fingerprint density at radius 3 is 2.86 bits per heavy atom. The van der Waals surface area contributed by atoms with E-state index in [1.807, 2.05) is 0 Å². The van der Waals surface area contributed by atoms with Gasteiger partial charge in [0, 0.05) is 0 Å². The van der Waals surface area contributed by atoms with Crippen LogP contribution in [-0.4, -0.2) is 24.1 Å². The third kappa shape index (κ3) is 3.16. The minimum atomic E-state index is -3.67. The van der Waals surface area contributed by atoms with Crippen molar-refractivity contribution in [3.63, 3.8) is 0 Å². The second-order valence-electron chi connectivity index (χ2n) is 2.25. The van der Waals surface area contributed by atoms with Gasteiger partial charge in [0.2, 0.25) is 10.0 Å². The number of hydrogen-bond acceptors (Lipinski definition) is 5. The van der Waals surface area contributed by atoms with Crippen molar-refractivity contribution >= 4 is 27.4 Å². The summed E-state index contributed by atoms with van der Waals surface area (Å²) in [6.07, 6.45) is 2.46. The fourth-order valence-electron chi connectivity index (χ4n) is 0.672. The van der Waals surface area contributed by atoms with Crippen LogP contribution in [0.5, 0.6) is 0 Å². The highest BCUT2D eigenvalue weighted by molar-refractivity contribution is 7.92. The Kier molecular flexibility index (Phi) is 3.22. The maximum Gasteiger partial charge on any atom is 0.247 e. The quantitative estimate of drug-likeness (QED) is 0.814. The van der Waals surface area contributed by atoms with Crippen molar-refractivity contribution in [2.45, 2.75) is 0 Å². The number of aromatic nitrogens is 2. The Morgan fingerprint density at radius 2 is 2.29 bits per heavy atom. The van der Waals surface area contributed by atoms with E-state index in [0.29, 0.717) is 0 Å². The zero-order chi connectivity index (χ0) is 10.6. The van der Waals surface area contributed by atoms with Crippen molar-refractivity contribution in [1.82, 2.24) is 9.97 Å². The molecular weight excluding hydrogens is 228 g/mol. The molecule has 0 atom stereocenters. The number of rotatable bonds is 3. The lowest BCUT2D eigenvalue weighted by molar-refractivity contribution is 0.604. The van der Waals surface area contributed by atoms with Crippen LogP contribution in [0.25, 0.3) is 0 Å². The third-order valence-corrected chi connectivity index (χ3v) is 2.33. The molecule has 6 nitrogen and oxygen atoms in total. The standard InChI is InChI=1S/C6H5ClN4O2S/c7-5-3-9-4-6(10-5)11-14(12,13)2-1-8/h3-4H,2H2,(H,10,11). The highest BCUT2D eigenvalue weighted by Gasteiger charge is 2.10. The molecule has 1 heterocycles. The average Bonchev–Trinajstić information content (AvgIpc) is 2.02. The number of anilines is 1. The van der Waals surface area contributed by atoms with Crippen molar-refractivity contribution in [2.75, 3.05) is 10.5 Å². The highest BCUT2D eigenvalue weighted by Crippen LogP contribution is 2.08. The van der Waals surface area contributed by atoms with Crippen molar-refractivity contribution < 1.29 is 8.42 Å².